The fraction of sp³-hybridized carbons (Fsp3) is 1.00. The number of hydrogen-bond acceptors (Lipinski definition) is 4. The van der Waals surface area contributed by atoms with Gasteiger partial charge >= 0.3 is 0 Å². The van der Waals surface area contributed by atoms with E-state index in [1.165, 1.54) is 0 Å². The summed E-state index contributed by atoms with van der Waals surface area (Å²) in [6.07, 6.45) is 0. The van der Waals surface area contributed by atoms with Gasteiger partial charge in [0.1, 0.15) is 0 Å². The van der Waals surface area contributed by atoms with Gasteiger partial charge in [-0.3, -0.25) is 0 Å². The topological polar surface area (TPSA) is 80.9 Å². The second-order valence-electron chi connectivity index (χ2n) is 0.346. The average Bonchev–Trinajstić information content (AvgIpc) is 1.41. The van der Waals surface area contributed by atoms with Crippen molar-refractivity contribution in [3.8, 4) is 0 Å². The highest BCUT2D eigenvalue weighted by Gasteiger charge is 1.72. The van der Waals surface area contributed by atoms with Crippen molar-refractivity contribution >= 4 is 0 Å². The lowest BCUT2D eigenvalue weighted by atomic mass is 11.4. The molecule has 0 saturated heterocycles. The summed E-state index contributed by atoms with van der Waals surface area (Å²) in [5.41, 5.74) is 0. The Morgan fingerprint density at radius 2 is 1.00 bits per heavy atom. The van der Waals surface area contributed by atoms with Crippen LogP contribution in [0.25, 0.3) is 0 Å². The van der Waals surface area contributed by atoms with E-state index < -0.39 is 6.48 Å². The monoisotopic (exact) mass is 96.0 g/mol. The molecule has 0 fully saturated rings. The van der Waals surface area contributed by atoms with Crippen LogP contribution >= 0.6 is 0 Å². The molecule has 4 nitrogen and oxygen atoms in total. The molecule has 6 heavy (non-hydrogen) atoms. The molecule has 0 unspecified atom stereocenters. The highest BCUT2D eigenvalue weighted by Crippen LogP contribution is 1.49. The minimum atomic E-state index is -2.17. The van der Waals surface area contributed by atoms with Gasteiger partial charge in [-0.2, -0.15) is 0 Å². The van der Waals surface area contributed by atoms with Crippen LogP contribution in [0.1, 0.15) is 0 Å². The molecule has 4 N–H and O–H groups in total. The van der Waals surface area contributed by atoms with E-state index >= 15 is 0 Å². The Kier molecular flexibility index (Phi) is 13.7. The molecule has 0 aromatic rings. The number of hydrogen-bond donors (Lipinski definition) is 4. The number of aliphatic hydroxyl groups is 4. The van der Waals surface area contributed by atoms with Gasteiger partial charge in [0.2, 0.25) is 0 Å². The molecule has 0 saturated carbocycles. The third-order valence-electron chi connectivity index (χ3n) is 0. The van der Waals surface area contributed by atoms with E-state index in [0.29, 0.717) is 0 Å². The lowest BCUT2D eigenvalue weighted by Crippen LogP contribution is -1.98. The third kappa shape index (κ3) is 1210. The Hall–Kier alpha value is -0.160. The van der Waals surface area contributed by atoms with Crippen LogP contribution in [-0.2, 0) is 0 Å². The van der Waals surface area contributed by atoms with Crippen molar-refractivity contribution in [1.29, 1.82) is 0 Å². The van der Waals surface area contributed by atoms with E-state index in [-0.39, 0.29) is 0 Å². The minimum Gasteiger partial charge on any atom is -0.400 e. The van der Waals surface area contributed by atoms with Crippen LogP contribution in [0.15, 0.2) is 0 Å². The van der Waals surface area contributed by atoms with Gasteiger partial charge in [-0.05, 0) is 0 Å². The van der Waals surface area contributed by atoms with Crippen molar-refractivity contribution in [2.24, 2.45) is 0 Å². The molecule has 0 aromatic heterocycles. The molecule has 0 amide bonds. The molecule has 0 spiro atoms. The molecule has 0 aliphatic heterocycles. The van der Waals surface area contributed by atoms with Gasteiger partial charge in [-0.25, -0.2) is 0 Å². The summed E-state index contributed by atoms with van der Waals surface area (Å²) in [5, 5.41) is 28.5. The van der Waals surface area contributed by atoms with E-state index in [1.807, 2.05) is 0 Å². The molecular formula is C2H8O4. The highest BCUT2D eigenvalue weighted by atomic mass is 16.6. The quantitative estimate of drug-likeness (QED) is 0.259. The lowest BCUT2D eigenvalue weighted by molar-refractivity contribution is -0.198. The van der Waals surface area contributed by atoms with Crippen molar-refractivity contribution in [1.82, 2.24) is 0 Å². The van der Waals surface area contributed by atoms with E-state index in [0.717, 1.165) is 7.11 Å². The van der Waals surface area contributed by atoms with Crippen LogP contribution in [0.2, 0.25) is 0 Å². The molecule has 0 aromatic carbocycles. The van der Waals surface area contributed by atoms with Gasteiger partial charge in [0.15, 0.2) is 0 Å². The second-order valence-corrected chi connectivity index (χ2v) is 0.346. The van der Waals surface area contributed by atoms with Crippen molar-refractivity contribution < 1.29 is 20.4 Å². The lowest BCUT2D eigenvalue weighted by Gasteiger charge is -1.80. The van der Waals surface area contributed by atoms with Crippen LogP contribution in [0.3, 0.4) is 0 Å². The van der Waals surface area contributed by atoms with Gasteiger partial charge in [-0.15, -0.1) is 0 Å². The maximum atomic E-state index is 7.17. The summed E-state index contributed by atoms with van der Waals surface area (Å²) >= 11 is 0. The van der Waals surface area contributed by atoms with Crippen LogP contribution in [0.4, 0.5) is 0 Å². The Bertz CT molecular complexity index is 10.3. The zero-order chi connectivity index (χ0) is 5.58. The number of aliphatic hydroxyl groups excluding tert-OH is 2. The first-order chi connectivity index (χ1) is 2.73. The summed E-state index contributed by atoms with van der Waals surface area (Å²) in [6, 6.07) is 0. The summed E-state index contributed by atoms with van der Waals surface area (Å²) < 4.78 is 0. The average molecular weight is 96.1 g/mol. The van der Waals surface area contributed by atoms with E-state index in [2.05, 4.69) is 0 Å². The Morgan fingerprint density at radius 1 is 1.00 bits per heavy atom. The fourth-order valence-electron chi connectivity index (χ4n) is 0. The molecule has 0 aliphatic carbocycles. The maximum Gasteiger partial charge on any atom is 0.263 e. The van der Waals surface area contributed by atoms with Gasteiger partial charge in [0, 0.05) is 7.11 Å². The Labute approximate surface area is 35.3 Å². The van der Waals surface area contributed by atoms with Crippen LogP contribution in [0.5, 0.6) is 0 Å². The SMILES string of the molecule is CO.OC(O)O. The molecule has 4 heteroatoms. The first-order valence-electron chi connectivity index (χ1n) is 1.22. The van der Waals surface area contributed by atoms with E-state index in [4.69, 9.17) is 20.4 Å². The maximum absolute atomic E-state index is 7.17. The van der Waals surface area contributed by atoms with Gasteiger partial charge in [-0.1, -0.05) is 0 Å². The normalized spacial score (nSPS) is 7.00. The smallest absolute Gasteiger partial charge is 0.263 e. The van der Waals surface area contributed by atoms with Crippen LogP contribution < -0.4 is 0 Å². The molecular weight excluding hydrogens is 88.0 g/mol. The van der Waals surface area contributed by atoms with Gasteiger partial charge in [0.05, 0.1) is 0 Å². The van der Waals surface area contributed by atoms with Gasteiger partial charge in [0.25, 0.3) is 6.48 Å². The molecule has 0 heterocycles. The minimum absolute atomic E-state index is 1.00. The second kappa shape index (κ2) is 8.85. The molecule has 0 bridgehead atoms. The summed E-state index contributed by atoms with van der Waals surface area (Å²) in [5.74, 6) is 0. The molecule has 0 radical (unpaired) electrons. The van der Waals surface area contributed by atoms with Crippen molar-refractivity contribution in [3.63, 3.8) is 0 Å². The molecule has 0 aliphatic rings. The first kappa shape index (κ1) is 9.28. The van der Waals surface area contributed by atoms with Gasteiger partial charge < -0.3 is 20.4 Å². The van der Waals surface area contributed by atoms with Crippen LogP contribution in [-0.4, -0.2) is 34.0 Å². The predicted molar refractivity (Wildman–Crippen MR) is 18.6 cm³/mol. The largest absolute Gasteiger partial charge is 0.400 e. The molecule has 0 atom stereocenters. The molecule has 40 valence electrons. The summed E-state index contributed by atoms with van der Waals surface area (Å²) in [4.78, 5) is 0. The third-order valence-corrected chi connectivity index (χ3v) is 0. The number of rotatable bonds is 0. The van der Waals surface area contributed by atoms with Crippen molar-refractivity contribution in [3.05, 3.63) is 0 Å². The van der Waals surface area contributed by atoms with Crippen molar-refractivity contribution in [2.75, 3.05) is 7.11 Å². The standard InChI is InChI=1S/CH4O3.CH4O/c2-1(3)4;1-2/h1-4H;2H,1H3. The highest BCUT2D eigenvalue weighted by molar-refractivity contribution is 3.76. The van der Waals surface area contributed by atoms with Crippen LogP contribution in [0, 0.1) is 0 Å². The Balaban J connectivity index is 0. The summed E-state index contributed by atoms with van der Waals surface area (Å²) in [6.45, 7) is -2.17. The zero-order valence-corrected chi connectivity index (χ0v) is 3.37. The van der Waals surface area contributed by atoms with Crippen molar-refractivity contribution in [2.45, 2.75) is 6.48 Å². The predicted octanol–water partition coefficient (Wildman–Crippen LogP) is -2.14. The molecule has 0 rings (SSSR count). The van der Waals surface area contributed by atoms with E-state index in [9.17, 15) is 0 Å². The van der Waals surface area contributed by atoms with E-state index in [1.54, 1.807) is 0 Å². The fourth-order valence-corrected chi connectivity index (χ4v) is 0. The zero-order valence-electron chi connectivity index (χ0n) is 3.37. The first-order valence-corrected chi connectivity index (χ1v) is 1.22. The Morgan fingerprint density at radius 3 is 1.00 bits per heavy atom. The summed E-state index contributed by atoms with van der Waals surface area (Å²) in [7, 11) is 1.00.